The Morgan fingerprint density at radius 2 is 2.36 bits per heavy atom. The summed E-state index contributed by atoms with van der Waals surface area (Å²) in [7, 11) is 1.43. The Labute approximate surface area is 128 Å². The first-order chi connectivity index (χ1) is 10.7. The van der Waals surface area contributed by atoms with Crippen LogP contribution in [0, 0.1) is 12.8 Å². The van der Waals surface area contributed by atoms with Crippen LogP contribution in [0.4, 0.5) is 5.82 Å². The van der Waals surface area contributed by atoms with E-state index in [1.165, 1.54) is 7.11 Å². The number of methoxy groups -OCH3 is 1. The van der Waals surface area contributed by atoms with Crippen molar-refractivity contribution in [3.63, 3.8) is 0 Å². The summed E-state index contributed by atoms with van der Waals surface area (Å²) < 4.78 is 10.0. The van der Waals surface area contributed by atoms with E-state index in [-0.39, 0.29) is 11.9 Å². The van der Waals surface area contributed by atoms with Crippen LogP contribution in [-0.4, -0.2) is 41.3 Å². The number of nitrogens with zero attached hydrogens (tertiary/aromatic N) is 4. The van der Waals surface area contributed by atoms with Crippen LogP contribution in [0.5, 0.6) is 0 Å². The minimum absolute atomic E-state index is 0.102. The second kappa shape index (κ2) is 6.13. The van der Waals surface area contributed by atoms with Gasteiger partial charge in [-0.15, -0.1) is 0 Å². The maximum atomic E-state index is 11.7. The number of esters is 1. The molecule has 1 saturated heterocycles. The van der Waals surface area contributed by atoms with E-state index in [9.17, 15) is 4.79 Å². The molecule has 0 saturated carbocycles. The first kappa shape index (κ1) is 14.5. The smallest absolute Gasteiger partial charge is 0.310 e. The summed E-state index contributed by atoms with van der Waals surface area (Å²) in [4.78, 5) is 22.5. The number of piperidine rings is 1. The van der Waals surface area contributed by atoms with Gasteiger partial charge in [0.1, 0.15) is 5.82 Å². The predicted molar refractivity (Wildman–Crippen MR) is 79.2 cm³/mol. The predicted octanol–water partition coefficient (Wildman–Crippen LogP) is 1.83. The third-order valence-corrected chi connectivity index (χ3v) is 3.80. The largest absolute Gasteiger partial charge is 0.469 e. The third kappa shape index (κ3) is 2.93. The number of anilines is 1. The van der Waals surface area contributed by atoms with Crippen molar-refractivity contribution < 1.29 is 14.1 Å². The van der Waals surface area contributed by atoms with Crippen molar-refractivity contribution in [3.8, 4) is 11.5 Å². The van der Waals surface area contributed by atoms with Crippen LogP contribution in [0.15, 0.2) is 22.9 Å². The van der Waals surface area contributed by atoms with Gasteiger partial charge in [0.2, 0.25) is 0 Å². The van der Waals surface area contributed by atoms with Crippen LogP contribution in [0.3, 0.4) is 0 Å². The van der Waals surface area contributed by atoms with Gasteiger partial charge in [-0.25, -0.2) is 4.98 Å². The lowest BCUT2D eigenvalue weighted by Gasteiger charge is -2.32. The molecule has 7 heteroatoms. The average molecular weight is 302 g/mol. The average Bonchev–Trinajstić information content (AvgIpc) is 3.01. The van der Waals surface area contributed by atoms with E-state index in [4.69, 9.17) is 9.26 Å². The van der Waals surface area contributed by atoms with Crippen molar-refractivity contribution in [2.45, 2.75) is 19.8 Å². The number of hydrogen-bond acceptors (Lipinski definition) is 7. The minimum atomic E-state index is -0.159. The molecular weight excluding hydrogens is 284 g/mol. The van der Waals surface area contributed by atoms with Gasteiger partial charge in [0.15, 0.2) is 5.82 Å². The Bertz CT molecular complexity index is 670. The molecule has 1 aliphatic rings. The van der Waals surface area contributed by atoms with Crippen LogP contribution in [-0.2, 0) is 9.53 Å². The van der Waals surface area contributed by atoms with E-state index in [0.29, 0.717) is 18.3 Å². The fourth-order valence-electron chi connectivity index (χ4n) is 2.68. The number of carbonyl (C=O) groups excluding carboxylic acids is 1. The summed E-state index contributed by atoms with van der Waals surface area (Å²) in [6.07, 6.45) is 3.50. The van der Waals surface area contributed by atoms with Crippen LogP contribution >= 0.6 is 0 Å². The molecule has 22 heavy (non-hydrogen) atoms. The summed E-state index contributed by atoms with van der Waals surface area (Å²) >= 11 is 0. The number of rotatable bonds is 3. The maximum Gasteiger partial charge on any atom is 0.310 e. The quantitative estimate of drug-likeness (QED) is 0.800. The van der Waals surface area contributed by atoms with Crippen LogP contribution < -0.4 is 4.90 Å². The Hall–Kier alpha value is -2.44. The maximum absolute atomic E-state index is 11.7. The van der Waals surface area contributed by atoms with E-state index in [2.05, 4.69) is 20.0 Å². The van der Waals surface area contributed by atoms with E-state index in [1.54, 1.807) is 13.1 Å². The molecule has 2 aromatic heterocycles. The zero-order valence-corrected chi connectivity index (χ0v) is 12.7. The molecular formula is C15H18N4O3. The number of hydrogen-bond donors (Lipinski definition) is 0. The molecule has 3 rings (SSSR count). The molecule has 0 bridgehead atoms. The summed E-state index contributed by atoms with van der Waals surface area (Å²) in [5.74, 6) is 1.62. The van der Waals surface area contributed by atoms with E-state index >= 15 is 0 Å². The van der Waals surface area contributed by atoms with Crippen molar-refractivity contribution in [1.29, 1.82) is 0 Å². The van der Waals surface area contributed by atoms with E-state index in [0.717, 1.165) is 30.8 Å². The number of ether oxygens (including phenoxy) is 1. The summed E-state index contributed by atoms with van der Waals surface area (Å²) in [6, 6.07) is 3.74. The second-order valence-corrected chi connectivity index (χ2v) is 5.36. The van der Waals surface area contributed by atoms with Gasteiger partial charge >= 0.3 is 5.97 Å². The Morgan fingerprint density at radius 3 is 3.09 bits per heavy atom. The number of pyridine rings is 1. The zero-order chi connectivity index (χ0) is 15.5. The minimum Gasteiger partial charge on any atom is -0.469 e. The van der Waals surface area contributed by atoms with Gasteiger partial charge in [-0.05, 0) is 31.9 Å². The van der Waals surface area contributed by atoms with E-state index in [1.807, 2.05) is 12.1 Å². The highest BCUT2D eigenvalue weighted by atomic mass is 16.5. The highest BCUT2D eigenvalue weighted by molar-refractivity contribution is 5.73. The first-order valence-corrected chi connectivity index (χ1v) is 7.27. The third-order valence-electron chi connectivity index (χ3n) is 3.80. The second-order valence-electron chi connectivity index (χ2n) is 5.36. The van der Waals surface area contributed by atoms with Crippen LogP contribution in [0.2, 0.25) is 0 Å². The molecule has 0 aliphatic carbocycles. The normalized spacial score (nSPS) is 18.3. The molecule has 7 nitrogen and oxygen atoms in total. The molecule has 116 valence electrons. The lowest BCUT2D eigenvalue weighted by molar-refractivity contribution is -0.145. The fraction of sp³-hybridized carbons (Fsp3) is 0.467. The number of aromatic nitrogens is 3. The van der Waals surface area contributed by atoms with Crippen molar-refractivity contribution in [3.05, 3.63) is 24.2 Å². The highest BCUT2D eigenvalue weighted by Gasteiger charge is 2.27. The van der Waals surface area contributed by atoms with Gasteiger partial charge in [0.25, 0.3) is 5.89 Å². The Balaban J connectivity index is 1.81. The molecule has 0 unspecified atom stereocenters. The van der Waals surface area contributed by atoms with Gasteiger partial charge in [-0.1, -0.05) is 5.16 Å². The van der Waals surface area contributed by atoms with Gasteiger partial charge in [0, 0.05) is 24.8 Å². The van der Waals surface area contributed by atoms with Gasteiger partial charge in [0.05, 0.1) is 13.0 Å². The van der Waals surface area contributed by atoms with Crippen LogP contribution in [0.1, 0.15) is 18.7 Å². The fourth-order valence-corrected chi connectivity index (χ4v) is 2.68. The zero-order valence-electron chi connectivity index (χ0n) is 12.7. The lowest BCUT2D eigenvalue weighted by atomic mass is 9.98. The molecule has 1 aliphatic heterocycles. The van der Waals surface area contributed by atoms with Gasteiger partial charge < -0.3 is 14.2 Å². The summed E-state index contributed by atoms with van der Waals surface area (Å²) in [5, 5.41) is 3.80. The number of aryl methyl sites for hydroxylation is 1. The SMILES string of the molecule is COC(=O)[C@H]1CCCN(c2cc(-c3nc(C)no3)ccn2)C1. The Kier molecular flexibility index (Phi) is 4.04. The molecule has 2 aromatic rings. The molecule has 0 amide bonds. The van der Waals surface area contributed by atoms with Crippen molar-refractivity contribution in [2.24, 2.45) is 5.92 Å². The molecule has 3 heterocycles. The Morgan fingerprint density at radius 1 is 1.50 bits per heavy atom. The molecule has 1 fully saturated rings. The molecule has 0 N–H and O–H groups in total. The highest BCUT2D eigenvalue weighted by Crippen LogP contribution is 2.26. The monoisotopic (exact) mass is 302 g/mol. The summed E-state index contributed by atoms with van der Waals surface area (Å²) in [6.45, 7) is 3.26. The van der Waals surface area contributed by atoms with Gasteiger partial charge in [-0.3, -0.25) is 4.79 Å². The van der Waals surface area contributed by atoms with E-state index < -0.39 is 0 Å². The number of carbonyl (C=O) groups is 1. The first-order valence-electron chi connectivity index (χ1n) is 7.27. The molecule has 0 aromatic carbocycles. The lowest BCUT2D eigenvalue weighted by Crippen LogP contribution is -2.39. The van der Waals surface area contributed by atoms with Crippen molar-refractivity contribution in [1.82, 2.24) is 15.1 Å². The van der Waals surface area contributed by atoms with Crippen molar-refractivity contribution >= 4 is 11.8 Å². The molecule has 1 atom stereocenters. The molecule has 0 radical (unpaired) electrons. The summed E-state index contributed by atoms with van der Waals surface area (Å²) in [5.41, 5.74) is 0.825. The topological polar surface area (TPSA) is 81.4 Å². The van der Waals surface area contributed by atoms with Crippen LogP contribution in [0.25, 0.3) is 11.5 Å². The van der Waals surface area contributed by atoms with Gasteiger partial charge in [-0.2, -0.15) is 4.98 Å². The standard InChI is InChI=1S/C15H18N4O3/c1-10-17-14(22-18-10)11-5-6-16-13(8-11)19-7-3-4-12(9-19)15(20)21-2/h5-6,8,12H,3-4,7,9H2,1-2H3/t12-/m0/s1. The molecule has 0 spiro atoms. The van der Waals surface area contributed by atoms with Crippen molar-refractivity contribution in [2.75, 3.05) is 25.1 Å².